The first kappa shape index (κ1) is 11.8. The summed E-state index contributed by atoms with van der Waals surface area (Å²) < 4.78 is 9.09. The quantitative estimate of drug-likeness (QED) is 0.469. The van der Waals surface area contributed by atoms with Gasteiger partial charge in [0.1, 0.15) is 11.5 Å². The molecular weight excluding hydrogens is 212 g/mol. The molecule has 0 radical (unpaired) electrons. The summed E-state index contributed by atoms with van der Waals surface area (Å²) in [7, 11) is 1.20. The molecule has 1 aromatic rings. The number of hydrogen-bond donors (Lipinski definition) is 1. The van der Waals surface area contributed by atoms with Gasteiger partial charge in [0.05, 0.1) is 7.11 Å². The monoisotopic (exact) mass is 222 g/mol. The Kier molecular flexibility index (Phi) is 4.08. The van der Waals surface area contributed by atoms with Gasteiger partial charge in [0.25, 0.3) is 0 Å². The number of benzene rings is 1. The van der Waals surface area contributed by atoms with Crippen molar-refractivity contribution in [1.82, 2.24) is 0 Å². The third-order valence-corrected chi connectivity index (χ3v) is 1.59. The van der Waals surface area contributed by atoms with Crippen molar-refractivity contribution >= 4 is 11.9 Å². The Morgan fingerprint density at radius 1 is 1.25 bits per heavy atom. The smallest absolute Gasteiger partial charge is 0.336 e. The Morgan fingerprint density at radius 3 is 2.56 bits per heavy atom. The SMILES string of the molecule is COC(=O)/C=C\C(=O)Oc1cccc(O)c1. The van der Waals surface area contributed by atoms with Gasteiger partial charge in [-0.2, -0.15) is 0 Å². The van der Waals surface area contributed by atoms with Gasteiger partial charge in [0, 0.05) is 18.2 Å². The van der Waals surface area contributed by atoms with E-state index in [0.29, 0.717) is 0 Å². The Hall–Kier alpha value is -2.30. The van der Waals surface area contributed by atoms with Crippen LogP contribution in [-0.4, -0.2) is 24.2 Å². The van der Waals surface area contributed by atoms with Gasteiger partial charge in [0.2, 0.25) is 0 Å². The van der Waals surface area contributed by atoms with Crippen LogP contribution < -0.4 is 4.74 Å². The second kappa shape index (κ2) is 5.55. The topological polar surface area (TPSA) is 72.8 Å². The minimum Gasteiger partial charge on any atom is -0.508 e. The molecule has 0 saturated heterocycles. The second-order valence-electron chi connectivity index (χ2n) is 2.77. The molecule has 0 aromatic heterocycles. The first-order valence-electron chi connectivity index (χ1n) is 4.38. The summed E-state index contributed by atoms with van der Waals surface area (Å²) in [5, 5.41) is 9.10. The molecule has 0 heterocycles. The Balaban J connectivity index is 2.58. The zero-order chi connectivity index (χ0) is 12.0. The highest BCUT2D eigenvalue weighted by atomic mass is 16.5. The molecule has 1 N–H and O–H groups in total. The number of hydrogen-bond acceptors (Lipinski definition) is 5. The summed E-state index contributed by atoms with van der Waals surface area (Å²) in [5.41, 5.74) is 0. The molecule has 5 heteroatoms. The highest BCUT2D eigenvalue weighted by Crippen LogP contribution is 2.17. The van der Waals surface area contributed by atoms with E-state index in [9.17, 15) is 9.59 Å². The molecule has 1 aromatic carbocycles. The largest absolute Gasteiger partial charge is 0.508 e. The molecule has 0 aliphatic rings. The van der Waals surface area contributed by atoms with E-state index in [2.05, 4.69) is 4.74 Å². The molecule has 0 atom stereocenters. The van der Waals surface area contributed by atoms with Crippen molar-refractivity contribution in [3.8, 4) is 11.5 Å². The van der Waals surface area contributed by atoms with E-state index < -0.39 is 11.9 Å². The molecule has 0 amide bonds. The summed E-state index contributed by atoms with van der Waals surface area (Å²) >= 11 is 0. The summed E-state index contributed by atoms with van der Waals surface area (Å²) in [5.74, 6) is -1.19. The average Bonchev–Trinajstić information content (AvgIpc) is 2.26. The van der Waals surface area contributed by atoms with Crippen LogP contribution >= 0.6 is 0 Å². The zero-order valence-corrected chi connectivity index (χ0v) is 8.54. The van der Waals surface area contributed by atoms with E-state index in [1.54, 1.807) is 0 Å². The third-order valence-electron chi connectivity index (χ3n) is 1.59. The first-order valence-corrected chi connectivity index (χ1v) is 4.38. The van der Waals surface area contributed by atoms with Crippen LogP contribution in [0, 0.1) is 0 Å². The van der Waals surface area contributed by atoms with Crippen molar-refractivity contribution in [2.75, 3.05) is 7.11 Å². The number of carbonyl (C=O) groups excluding carboxylic acids is 2. The summed E-state index contributed by atoms with van der Waals surface area (Å²) in [6, 6.07) is 5.76. The van der Waals surface area contributed by atoms with Crippen molar-refractivity contribution < 1.29 is 24.2 Å². The van der Waals surface area contributed by atoms with Gasteiger partial charge in [-0.25, -0.2) is 9.59 Å². The van der Waals surface area contributed by atoms with E-state index in [1.807, 2.05) is 0 Å². The van der Waals surface area contributed by atoms with Gasteiger partial charge >= 0.3 is 11.9 Å². The molecule has 0 spiro atoms. The van der Waals surface area contributed by atoms with Crippen molar-refractivity contribution in [2.24, 2.45) is 0 Å². The van der Waals surface area contributed by atoms with Crippen LogP contribution in [0.5, 0.6) is 11.5 Å². The highest BCUT2D eigenvalue weighted by molar-refractivity contribution is 5.92. The van der Waals surface area contributed by atoms with Crippen molar-refractivity contribution in [3.63, 3.8) is 0 Å². The van der Waals surface area contributed by atoms with Crippen molar-refractivity contribution in [2.45, 2.75) is 0 Å². The Morgan fingerprint density at radius 2 is 1.94 bits per heavy atom. The molecule has 0 bridgehead atoms. The maximum Gasteiger partial charge on any atom is 0.336 e. The van der Waals surface area contributed by atoms with Gasteiger partial charge in [0.15, 0.2) is 0 Å². The molecule has 0 fully saturated rings. The van der Waals surface area contributed by atoms with E-state index in [4.69, 9.17) is 9.84 Å². The molecule has 84 valence electrons. The minimum absolute atomic E-state index is 0.0118. The molecular formula is C11H10O5. The predicted molar refractivity (Wildman–Crippen MR) is 54.9 cm³/mol. The number of esters is 2. The van der Waals surface area contributed by atoms with E-state index in [-0.39, 0.29) is 11.5 Å². The van der Waals surface area contributed by atoms with Gasteiger partial charge in [-0.15, -0.1) is 0 Å². The van der Waals surface area contributed by atoms with E-state index in [0.717, 1.165) is 12.2 Å². The number of phenols is 1. The van der Waals surface area contributed by atoms with Crippen LogP contribution in [0.3, 0.4) is 0 Å². The second-order valence-corrected chi connectivity index (χ2v) is 2.77. The van der Waals surface area contributed by atoms with Gasteiger partial charge in [-0.3, -0.25) is 0 Å². The van der Waals surface area contributed by atoms with Crippen LogP contribution in [-0.2, 0) is 14.3 Å². The average molecular weight is 222 g/mol. The number of methoxy groups -OCH3 is 1. The fourth-order valence-corrected chi connectivity index (χ4v) is 0.901. The van der Waals surface area contributed by atoms with Crippen molar-refractivity contribution in [1.29, 1.82) is 0 Å². The summed E-state index contributed by atoms with van der Waals surface area (Å²) in [4.78, 5) is 21.8. The Labute approximate surface area is 91.9 Å². The fraction of sp³-hybridized carbons (Fsp3) is 0.0909. The lowest BCUT2D eigenvalue weighted by atomic mass is 10.3. The molecule has 0 saturated carbocycles. The number of carbonyl (C=O) groups is 2. The molecule has 1 rings (SSSR count). The van der Waals surface area contributed by atoms with Crippen LogP contribution in [0.1, 0.15) is 0 Å². The minimum atomic E-state index is -0.726. The third kappa shape index (κ3) is 3.83. The highest BCUT2D eigenvalue weighted by Gasteiger charge is 2.02. The number of phenolic OH excluding ortho intramolecular Hbond substituents is 1. The molecule has 16 heavy (non-hydrogen) atoms. The lowest BCUT2D eigenvalue weighted by molar-refractivity contribution is -0.135. The maximum absolute atomic E-state index is 11.1. The molecule has 5 nitrogen and oxygen atoms in total. The van der Waals surface area contributed by atoms with Gasteiger partial charge < -0.3 is 14.6 Å². The van der Waals surface area contributed by atoms with Crippen LogP contribution in [0.25, 0.3) is 0 Å². The van der Waals surface area contributed by atoms with E-state index >= 15 is 0 Å². The molecule has 0 aliphatic heterocycles. The van der Waals surface area contributed by atoms with Crippen LogP contribution in [0.2, 0.25) is 0 Å². The standard InChI is InChI=1S/C11H10O5/c1-15-10(13)5-6-11(14)16-9-4-2-3-8(12)7-9/h2-7,12H,1H3/b6-5-. The maximum atomic E-state index is 11.1. The van der Waals surface area contributed by atoms with E-state index in [1.165, 1.54) is 31.4 Å². The number of rotatable bonds is 3. The van der Waals surface area contributed by atoms with Crippen LogP contribution in [0.4, 0.5) is 0 Å². The lowest BCUT2D eigenvalue weighted by Gasteiger charge is -2.00. The predicted octanol–water partition coefficient (Wildman–Crippen LogP) is 1.03. The van der Waals surface area contributed by atoms with Gasteiger partial charge in [-0.1, -0.05) is 6.07 Å². The lowest BCUT2D eigenvalue weighted by Crippen LogP contribution is -2.05. The normalized spacial score (nSPS) is 10.1. The number of aromatic hydroxyl groups is 1. The van der Waals surface area contributed by atoms with Gasteiger partial charge in [-0.05, 0) is 12.1 Å². The van der Waals surface area contributed by atoms with Crippen LogP contribution in [0.15, 0.2) is 36.4 Å². The molecule has 0 unspecified atom stereocenters. The Bertz CT molecular complexity index is 422. The molecule has 0 aliphatic carbocycles. The summed E-state index contributed by atoms with van der Waals surface area (Å²) in [6.45, 7) is 0. The summed E-state index contributed by atoms with van der Waals surface area (Å²) in [6.07, 6.45) is 1.89. The zero-order valence-electron chi connectivity index (χ0n) is 8.54. The first-order chi connectivity index (χ1) is 7.61. The van der Waals surface area contributed by atoms with Crippen molar-refractivity contribution in [3.05, 3.63) is 36.4 Å². The fourth-order valence-electron chi connectivity index (χ4n) is 0.901. The number of ether oxygens (including phenoxy) is 2.